The van der Waals surface area contributed by atoms with Gasteiger partial charge in [0.2, 0.25) is 6.79 Å². The molecular weight excluding hydrogens is 634 g/mol. The van der Waals surface area contributed by atoms with Gasteiger partial charge in [-0.3, -0.25) is 14.4 Å². The smallest absolute Gasteiger partial charge is 0.261 e. The average molecular weight is 682 g/mol. The summed E-state index contributed by atoms with van der Waals surface area (Å²) < 4.78 is 52.7. The Morgan fingerprint density at radius 1 is 1.00 bits per heavy atom. The third-order valence-corrected chi connectivity index (χ3v) is 10.1. The van der Waals surface area contributed by atoms with E-state index in [1.807, 2.05) is 32.2 Å². The van der Waals surface area contributed by atoms with Gasteiger partial charge in [0.05, 0.1) is 35.3 Å². The van der Waals surface area contributed by atoms with E-state index in [0.717, 1.165) is 36.3 Å². The second-order valence-electron chi connectivity index (χ2n) is 12.8. The zero-order valence-corrected chi connectivity index (χ0v) is 28.9. The number of carbonyl (C=O) groups excluding carboxylic acids is 1. The lowest BCUT2D eigenvalue weighted by Crippen LogP contribution is -2.47. The summed E-state index contributed by atoms with van der Waals surface area (Å²) >= 11 is 0. The second kappa shape index (κ2) is 16.0. The molecule has 12 heteroatoms. The molecule has 2 aliphatic heterocycles. The maximum atomic E-state index is 14.4. The summed E-state index contributed by atoms with van der Waals surface area (Å²) in [4.78, 5) is 18.3. The van der Waals surface area contributed by atoms with Crippen LogP contribution in [-0.2, 0) is 21.3 Å². The normalized spacial score (nSPS) is 21.2. The lowest BCUT2D eigenvalue weighted by molar-refractivity contribution is -0.0177. The van der Waals surface area contributed by atoms with Crippen molar-refractivity contribution in [2.45, 2.75) is 69.7 Å². The minimum atomic E-state index is -3.90. The largest absolute Gasteiger partial charge is 0.490 e. The molecule has 0 unspecified atom stereocenters. The highest BCUT2D eigenvalue weighted by Gasteiger charge is 2.31. The van der Waals surface area contributed by atoms with Crippen molar-refractivity contribution in [3.05, 3.63) is 77.9 Å². The van der Waals surface area contributed by atoms with Crippen LogP contribution in [0.3, 0.4) is 0 Å². The van der Waals surface area contributed by atoms with Gasteiger partial charge in [-0.1, -0.05) is 31.2 Å². The molecule has 3 aromatic carbocycles. The topological polar surface area (TPSA) is 127 Å². The molecule has 0 aromatic heterocycles. The number of fused-ring (bicyclic) bond motifs is 2. The van der Waals surface area contributed by atoms with Crippen LogP contribution in [0.15, 0.2) is 71.6 Å². The van der Waals surface area contributed by atoms with Gasteiger partial charge in [-0.15, -0.1) is 0 Å². The second-order valence-corrected chi connectivity index (χ2v) is 14.5. The minimum absolute atomic E-state index is 0.104. The van der Waals surface area contributed by atoms with Crippen LogP contribution >= 0.6 is 0 Å². The molecule has 0 aliphatic carbocycles. The van der Waals surface area contributed by atoms with Gasteiger partial charge in [-0.2, -0.15) is 0 Å². The molecule has 2 aliphatic rings. The molecule has 4 atom stereocenters. The van der Waals surface area contributed by atoms with E-state index < -0.39 is 16.1 Å². The Labute approximate surface area is 283 Å². The molecule has 0 radical (unpaired) electrons. The van der Waals surface area contributed by atoms with E-state index in [1.54, 1.807) is 42.2 Å². The first-order valence-electron chi connectivity index (χ1n) is 16.5. The predicted octanol–water partition coefficient (Wildman–Crippen LogP) is 5.14. The Morgan fingerprint density at radius 3 is 2.52 bits per heavy atom. The van der Waals surface area contributed by atoms with Crippen molar-refractivity contribution in [3.8, 4) is 17.2 Å². The summed E-state index contributed by atoms with van der Waals surface area (Å²) in [5.74, 6) is 1.38. The molecule has 0 saturated heterocycles. The molecule has 0 bridgehead atoms. The van der Waals surface area contributed by atoms with Gasteiger partial charge >= 0.3 is 0 Å². The number of aliphatic hydroxyl groups is 1. The number of aliphatic hydroxyl groups excluding tert-OH is 1. The van der Waals surface area contributed by atoms with E-state index in [2.05, 4.69) is 16.5 Å². The fourth-order valence-electron chi connectivity index (χ4n) is 5.99. The number of sulfonamides is 1. The molecule has 1 amide bonds. The van der Waals surface area contributed by atoms with Crippen LogP contribution in [-0.4, -0.2) is 87.6 Å². The molecular formula is C36H47N3O8S. The number of anilines is 1. The average Bonchev–Trinajstić information content (AvgIpc) is 3.54. The summed E-state index contributed by atoms with van der Waals surface area (Å²) in [6.07, 6.45) is 2.08. The van der Waals surface area contributed by atoms with Crippen molar-refractivity contribution >= 4 is 21.6 Å². The molecule has 5 rings (SSSR count). The summed E-state index contributed by atoms with van der Waals surface area (Å²) in [5, 5.41) is 10.3. The first-order chi connectivity index (χ1) is 23.0. The number of benzene rings is 3. The standard InChI is InChI=1S/C36H47N3O8S/c1-25-20-39(26(2)23-40)36(41)31-19-29(37-48(42,43)30-11-6-5-7-12-30)14-16-32(31)47-27(3)10-8-9-17-44-35(25)22-38(4)21-28-13-15-33-34(18-28)46-24-45-33/h5-7,11-16,18-19,25-27,35,37,40H,8-10,17,20-24H2,1-4H3/t25-,26-,27+,35-/m1/s1. The van der Waals surface area contributed by atoms with Crippen LogP contribution in [0.25, 0.3) is 0 Å². The first kappa shape index (κ1) is 35.5. The third kappa shape index (κ3) is 8.98. The van der Waals surface area contributed by atoms with Crippen molar-refractivity contribution in [1.82, 2.24) is 9.80 Å². The molecule has 2 heterocycles. The van der Waals surface area contributed by atoms with E-state index in [4.69, 9.17) is 18.9 Å². The zero-order chi connectivity index (χ0) is 34.3. The number of carbonyl (C=O) groups is 1. The number of ether oxygens (including phenoxy) is 4. The highest BCUT2D eigenvalue weighted by atomic mass is 32.2. The quantitative estimate of drug-likeness (QED) is 0.316. The van der Waals surface area contributed by atoms with Gasteiger partial charge < -0.3 is 29.0 Å². The van der Waals surface area contributed by atoms with Crippen molar-refractivity contribution in [3.63, 3.8) is 0 Å². The number of rotatable bonds is 9. The minimum Gasteiger partial charge on any atom is -0.490 e. The fourth-order valence-corrected chi connectivity index (χ4v) is 7.06. The Morgan fingerprint density at radius 2 is 1.75 bits per heavy atom. The van der Waals surface area contributed by atoms with Crippen molar-refractivity contribution < 1.29 is 37.3 Å². The lowest BCUT2D eigenvalue weighted by atomic mass is 10.0. The van der Waals surface area contributed by atoms with Crippen molar-refractivity contribution in [2.75, 3.05) is 44.9 Å². The Kier molecular flexibility index (Phi) is 11.9. The van der Waals surface area contributed by atoms with Crippen LogP contribution in [0.2, 0.25) is 0 Å². The zero-order valence-electron chi connectivity index (χ0n) is 28.1. The van der Waals surface area contributed by atoms with Crippen molar-refractivity contribution in [2.24, 2.45) is 5.92 Å². The van der Waals surface area contributed by atoms with Crippen LogP contribution in [0.1, 0.15) is 56.0 Å². The highest BCUT2D eigenvalue weighted by Crippen LogP contribution is 2.33. The first-order valence-corrected chi connectivity index (χ1v) is 18.0. The molecule has 0 fully saturated rings. The fraction of sp³-hybridized carbons (Fsp3) is 0.472. The van der Waals surface area contributed by atoms with Crippen molar-refractivity contribution in [1.29, 1.82) is 0 Å². The SMILES string of the molecule is C[C@@H]1CN([C@H](C)CO)C(=O)c2cc(NS(=O)(=O)c3ccccc3)ccc2O[C@@H](C)CCCCO[C@@H]1CN(C)Cc1ccc2c(c1)OCO2. The van der Waals surface area contributed by atoms with E-state index in [1.165, 1.54) is 18.2 Å². The summed E-state index contributed by atoms with van der Waals surface area (Å²) in [6.45, 7) is 7.94. The van der Waals surface area contributed by atoms with Gasteiger partial charge in [0.1, 0.15) is 5.75 Å². The number of likely N-dealkylation sites (N-methyl/N-ethyl adjacent to an activating group) is 1. The molecule has 2 N–H and O–H groups in total. The lowest BCUT2D eigenvalue weighted by Gasteiger charge is -2.36. The number of hydrogen-bond acceptors (Lipinski definition) is 9. The van der Waals surface area contributed by atoms with E-state index in [-0.39, 0.29) is 53.6 Å². The monoisotopic (exact) mass is 681 g/mol. The van der Waals surface area contributed by atoms with E-state index in [9.17, 15) is 18.3 Å². The molecule has 0 spiro atoms. The van der Waals surface area contributed by atoms with E-state index in [0.29, 0.717) is 32.0 Å². The van der Waals surface area contributed by atoms with Crippen LogP contribution in [0, 0.1) is 5.92 Å². The molecule has 260 valence electrons. The van der Waals surface area contributed by atoms with Gasteiger partial charge in [0.25, 0.3) is 15.9 Å². The Hall–Kier alpha value is -3.84. The van der Waals surface area contributed by atoms with Gasteiger partial charge in [-0.25, -0.2) is 8.42 Å². The van der Waals surface area contributed by atoms with Gasteiger partial charge in [0, 0.05) is 37.8 Å². The van der Waals surface area contributed by atoms with E-state index >= 15 is 0 Å². The Balaban J connectivity index is 1.40. The van der Waals surface area contributed by atoms with Crippen LogP contribution in [0.4, 0.5) is 5.69 Å². The summed E-state index contributed by atoms with van der Waals surface area (Å²) in [7, 11) is -1.85. The maximum Gasteiger partial charge on any atom is 0.261 e. The predicted molar refractivity (Wildman–Crippen MR) is 183 cm³/mol. The number of nitrogens with one attached hydrogen (secondary N) is 1. The highest BCUT2D eigenvalue weighted by molar-refractivity contribution is 7.92. The molecule has 0 saturated carbocycles. The molecule has 48 heavy (non-hydrogen) atoms. The van der Waals surface area contributed by atoms with Crippen LogP contribution in [0.5, 0.6) is 17.2 Å². The molecule has 11 nitrogen and oxygen atoms in total. The summed E-state index contributed by atoms with van der Waals surface area (Å²) in [5.41, 5.74) is 1.54. The number of hydrogen-bond donors (Lipinski definition) is 2. The van der Waals surface area contributed by atoms with Crippen LogP contribution < -0.4 is 18.9 Å². The molecule has 3 aromatic rings. The van der Waals surface area contributed by atoms with Gasteiger partial charge in [-0.05, 0) is 88.2 Å². The summed E-state index contributed by atoms with van der Waals surface area (Å²) in [6, 6.07) is 18.3. The Bertz CT molecular complexity index is 1640. The van der Waals surface area contributed by atoms with Gasteiger partial charge in [0.15, 0.2) is 11.5 Å². The number of nitrogens with zero attached hydrogens (tertiary/aromatic N) is 2. The maximum absolute atomic E-state index is 14.4. The third-order valence-electron chi connectivity index (χ3n) is 8.74. The number of amides is 1.